The van der Waals surface area contributed by atoms with Crippen molar-refractivity contribution in [2.75, 3.05) is 39.7 Å². The molecule has 16 heavy (non-hydrogen) atoms. The first-order chi connectivity index (χ1) is 7.55. The highest BCUT2D eigenvalue weighted by Gasteiger charge is 2.16. The average Bonchev–Trinajstić information content (AvgIpc) is 2.18. The summed E-state index contributed by atoms with van der Waals surface area (Å²) >= 11 is 0. The lowest BCUT2D eigenvalue weighted by molar-refractivity contribution is 0.172. The number of hydrogen-bond donors (Lipinski definition) is 2. The summed E-state index contributed by atoms with van der Waals surface area (Å²) in [5.74, 6) is 0.0611. The zero-order chi connectivity index (χ0) is 12.4. The molecule has 1 unspecified atom stereocenters. The van der Waals surface area contributed by atoms with E-state index in [4.69, 9.17) is 15.2 Å². The third-order valence-electron chi connectivity index (χ3n) is 1.99. The molecular weight excluding hydrogens is 232 g/mol. The highest BCUT2D eigenvalue weighted by atomic mass is 32.2. The van der Waals surface area contributed by atoms with Gasteiger partial charge in [-0.2, -0.15) is 0 Å². The van der Waals surface area contributed by atoms with E-state index in [1.165, 1.54) is 7.11 Å². The minimum absolute atomic E-state index is 0.0611. The maximum absolute atomic E-state index is 11.6. The summed E-state index contributed by atoms with van der Waals surface area (Å²) in [5, 5.41) is 0. The second-order valence-corrected chi connectivity index (χ2v) is 5.39. The highest BCUT2D eigenvalue weighted by molar-refractivity contribution is 7.89. The van der Waals surface area contributed by atoms with Gasteiger partial charge in [0.05, 0.1) is 12.4 Å². The lowest BCUT2D eigenvalue weighted by Gasteiger charge is -2.16. The molecule has 0 aliphatic rings. The Kier molecular flexibility index (Phi) is 8.77. The molecule has 3 N–H and O–H groups in total. The molecule has 1 atom stereocenters. The number of rotatable bonds is 10. The van der Waals surface area contributed by atoms with Crippen LogP contribution in [0, 0.1) is 0 Å². The zero-order valence-electron chi connectivity index (χ0n) is 9.94. The van der Waals surface area contributed by atoms with E-state index in [0.29, 0.717) is 32.6 Å². The van der Waals surface area contributed by atoms with E-state index in [1.54, 1.807) is 7.11 Å². The van der Waals surface area contributed by atoms with Gasteiger partial charge in [-0.1, -0.05) is 0 Å². The van der Waals surface area contributed by atoms with Crippen LogP contribution in [0.3, 0.4) is 0 Å². The van der Waals surface area contributed by atoms with Gasteiger partial charge in [0.15, 0.2) is 0 Å². The van der Waals surface area contributed by atoms with Crippen molar-refractivity contribution in [2.45, 2.75) is 18.9 Å². The van der Waals surface area contributed by atoms with Crippen molar-refractivity contribution in [3.8, 4) is 0 Å². The topological polar surface area (TPSA) is 90.7 Å². The van der Waals surface area contributed by atoms with Gasteiger partial charge < -0.3 is 15.2 Å². The van der Waals surface area contributed by atoms with Crippen LogP contribution in [0.2, 0.25) is 0 Å². The first-order valence-electron chi connectivity index (χ1n) is 5.23. The number of nitrogens with two attached hydrogens (primary N) is 1. The summed E-state index contributed by atoms with van der Waals surface area (Å²) in [4.78, 5) is 0. The lowest BCUT2D eigenvalue weighted by Crippen LogP contribution is -2.40. The van der Waals surface area contributed by atoms with Crippen LogP contribution >= 0.6 is 0 Å². The summed E-state index contributed by atoms with van der Waals surface area (Å²) in [5.41, 5.74) is 5.39. The van der Waals surface area contributed by atoms with E-state index in [9.17, 15) is 8.42 Å². The molecule has 0 aliphatic carbocycles. The zero-order valence-corrected chi connectivity index (χ0v) is 10.8. The van der Waals surface area contributed by atoms with Crippen LogP contribution in [0.15, 0.2) is 0 Å². The van der Waals surface area contributed by atoms with Gasteiger partial charge in [-0.3, -0.25) is 0 Å². The largest absolute Gasteiger partial charge is 0.385 e. The highest BCUT2D eigenvalue weighted by Crippen LogP contribution is 1.97. The normalized spacial score (nSPS) is 13.9. The Morgan fingerprint density at radius 3 is 2.50 bits per heavy atom. The van der Waals surface area contributed by atoms with Gasteiger partial charge in [-0.25, -0.2) is 13.1 Å². The van der Waals surface area contributed by atoms with E-state index in [0.717, 1.165) is 0 Å². The van der Waals surface area contributed by atoms with Crippen LogP contribution in [0.25, 0.3) is 0 Å². The van der Waals surface area contributed by atoms with Crippen LogP contribution in [0.1, 0.15) is 12.8 Å². The Morgan fingerprint density at radius 1 is 1.31 bits per heavy atom. The molecule has 0 amide bonds. The molecule has 0 bridgehead atoms. The van der Waals surface area contributed by atoms with Crippen molar-refractivity contribution in [3.63, 3.8) is 0 Å². The van der Waals surface area contributed by atoms with Crippen molar-refractivity contribution >= 4 is 10.0 Å². The molecule has 0 radical (unpaired) electrons. The van der Waals surface area contributed by atoms with Crippen LogP contribution in [0.5, 0.6) is 0 Å². The molecule has 0 spiro atoms. The second kappa shape index (κ2) is 8.89. The summed E-state index contributed by atoms with van der Waals surface area (Å²) in [6.07, 6.45) is 1.05. The number of nitrogens with one attached hydrogen (secondary N) is 1. The molecule has 0 aromatic rings. The SMILES string of the molecule is COCCCS(=O)(=O)NC(CCN)COC. The maximum atomic E-state index is 11.6. The Hall–Kier alpha value is -0.210. The van der Waals surface area contributed by atoms with E-state index in [2.05, 4.69) is 4.72 Å². The molecule has 0 aliphatic heterocycles. The van der Waals surface area contributed by atoms with Gasteiger partial charge >= 0.3 is 0 Å². The first-order valence-corrected chi connectivity index (χ1v) is 6.89. The van der Waals surface area contributed by atoms with Gasteiger partial charge in [0.25, 0.3) is 0 Å². The third-order valence-corrected chi connectivity index (χ3v) is 3.51. The van der Waals surface area contributed by atoms with E-state index in [1.807, 2.05) is 0 Å². The Morgan fingerprint density at radius 2 is 2.00 bits per heavy atom. The molecular formula is C9H22N2O4S. The van der Waals surface area contributed by atoms with Crippen molar-refractivity contribution in [3.05, 3.63) is 0 Å². The Balaban J connectivity index is 4.08. The number of sulfonamides is 1. The molecule has 0 aromatic carbocycles. The van der Waals surface area contributed by atoms with Crippen LogP contribution in [0.4, 0.5) is 0 Å². The smallest absolute Gasteiger partial charge is 0.212 e. The maximum Gasteiger partial charge on any atom is 0.212 e. The minimum Gasteiger partial charge on any atom is -0.385 e. The van der Waals surface area contributed by atoms with E-state index in [-0.39, 0.29) is 11.8 Å². The predicted octanol–water partition coefficient (Wildman–Crippen LogP) is -0.694. The molecule has 0 heterocycles. The molecule has 6 nitrogen and oxygen atoms in total. The van der Waals surface area contributed by atoms with Crippen molar-refractivity contribution in [2.24, 2.45) is 5.73 Å². The fourth-order valence-electron chi connectivity index (χ4n) is 1.28. The van der Waals surface area contributed by atoms with Gasteiger partial charge in [-0.05, 0) is 19.4 Å². The molecule has 98 valence electrons. The molecule has 0 rings (SSSR count). The van der Waals surface area contributed by atoms with Crippen LogP contribution < -0.4 is 10.5 Å². The van der Waals surface area contributed by atoms with Gasteiger partial charge in [0, 0.05) is 26.9 Å². The summed E-state index contributed by atoms with van der Waals surface area (Å²) in [7, 11) is -0.189. The second-order valence-electron chi connectivity index (χ2n) is 3.51. The predicted molar refractivity (Wildman–Crippen MR) is 62.8 cm³/mol. The lowest BCUT2D eigenvalue weighted by atomic mass is 10.2. The fraction of sp³-hybridized carbons (Fsp3) is 1.00. The fourth-order valence-corrected chi connectivity index (χ4v) is 2.59. The van der Waals surface area contributed by atoms with Crippen molar-refractivity contribution in [1.29, 1.82) is 0 Å². The molecule has 0 aromatic heterocycles. The summed E-state index contributed by atoms with van der Waals surface area (Å²) in [6, 6.07) is -0.248. The Bertz CT molecular complexity index is 250. The summed E-state index contributed by atoms with van der Waals surface area (Å²) in [6.45, 7) is 1.20. The number of ether oxygens (including phenoxy) is 2. The first kappa shape index (κ1) is 15.8. The van der Waals surface area contributed by atoms with Crippen LogP contribution in [-0.2, 0) is 19.5 Å². The molecule has 0 saturated heterocycles. The summed E-state index contributed by atoms with van der Waals surface area (Å²) < 4.78 is 35.5. The quantitative estimate of drug-likeness (QED) is 0.503. The van der Waals surface area contributed by atoms with Gasteiger partial charge in [-0.15, -0.1) is 0 Å². The molecule has 0 saturated carbocycles. The minimum atomic E-state index is -3.26. The van der Waals surface area contributed by atoms with Crippen LogP contribution in [-0.4, -0.2) is 54.2 Å². The number of hydrogen-bond acceptors (Lipinski definition) is 5. The Labute approximate surface area is 97.5 Å². The van der Waals surface area contributed by atoms with E-state index < -0.39 is 10.0 Å². The van der Waals surface area contributed by atoms with E-state index >= 15 is 0 Å². The molecule has 7 heteroatoms. The van der Waals surface area contributed by atoms with Crippen molar-refractivity contribution in [1.82, 2.24) is 4.72 Å². The third kappa shape index (κ3) is 8.00. The van der Waals surface area contributed by atoms with Gasteiger partial charge in [0.2, 0.25) is 10.0 Å². The molecule has 0 fully saturated rings. The monoisotopic (exact) mass is 254 g/mol. The number of methoxy groups -OCH3 is 2. The average molecular weight is 254 g/mol. The standard InChI is InChI=1S/C9H22N2O4S/c1-14-6-3-7-16(12,13)11-9(4-5-10)8-15-2/h9,11H,3-8,10H2,1-2H3. The van der Waals surface area contributed by atoms with Crippen molar-refractivity contribution < 1.29 is 17.9 Å². The van der Waals surface area contributed by atoms with Gasteiger partial charge in [0.1, 0.15) is 0 Å².